The maximum absolute atomic E-state index is 13.1. The minimum atomic E-state index is -1.24. The molecular weight excluding hydrogens is 280 g/mol. The van der Waals surface area contributed by atoms with Crippen LogP contribution in [0.3, 0.4) is 0 Å². The van der Waals surface area contributed by atoms with Crippen molar-refractivity contribution in [3.8, 4) is 0 Å². The maximum Gasteiger partial charge on any atom is 0.323 e. The number of halogens is 3. The van der Waals surface area contributed by atoms with Crippen molar-refractivity contribution < 1.29 is 23.5 Å². The summed E-state index contributed by atoms with van der Waals surface area (Å²) in [5.41, 5.74) is -0.302. The average Bonchev–Trinajstić information content (AvgIpc) is 2.32. The normalized spacial score (nSPS) is 10.1. The van der Waals surface area contributed by atoms with Gasteiger partial charge >= 0.3 is 5.97 Å². The molecule has 0 aliphatic heterocycles. The Kier molecular flexibility index (Phi) is 5.00. The van der Waals surface area contributed by atoms with Gasteiger partial charge in [0.25, 0.3) is 5.91 Å². The van der Waals surface area contributed by atoms with Gasteiger partial charge in [-0.15, -0.1) is 6.58 Å². The number of amides is 1. The molecule has 0 saturated heterocycles. The number of carboxylic acids is 1. The van der Waals surface area contributed by atoms with Gasteiger partial charge in [0.05, 0.1) is 10.6 Å². The van der Waals surface area contributed by atoms with Gasteiger partial charge < -0.3 is 10.0 Å². The maximum atomic E-state index is 13.1. The molecule has 0 aromatic heterocycles. The van der Waals surface area contributed by atoms with Crippen molar-refractivity contribution in [2.75, 3.05) is 13.1 Å². The number of aliphatic carboxylic acids is 1. The third-order valence-electron chi connectivity index (χ3n) is 2.20. The lowest BCUT2D eigenvalue weighted by atomic mass is 10.2. The molecule has 102 valence electrons. The van der Waals surface area contributed by atoms with Crippen LogP contribution >= 0.6 is 11.6 Å². The molecule has 4 nitrogen and oxygen atoms in total. The van der Waals surface area contributed by atoms with Gasteiger partial charge in [0.1, 0.15) is 6.54 Å². The fourth-order valence-corrected chi connectivity index (χ4v) is 1.63. The molecule has 19 heavy (non-hydrogen) atoms. The predicted octanol–water partition coefficient (Wildman–Crippen LogP) is 2.33. The van der Waals surface area contributed by atoms with Gasteiger partial charge in [-0.1, -0.05) is 17.7 Å². The van der Waals surface area contributed by atoms with Crippen LogP contribution in [0.15, 0.2) is 24.8 Å². The Hall–Kier alpha value is -1.95. The lowest BCUT2D eigenvalue weighted by Crippen LogP contribution is -2.36. The first-order valence-electron chi connectivity index (χ1n) is 5.13. The van der Waals surface area contributed by atoms with E-state index in [1.165, 1.54) is 6.08 Å². The molecule has 0 spiro atoms. The van der Waals surface area contributed by atoms with Crippen molar-refractivity contribution in [2.45, 2.75) is 0 Å². The molecule has 0 aliphatic carbocycles. The molecule has 0 radical (unpaired) electrons. The monoisotopic (exact) mass is 289 g/mol. The molecule has 7 heteroatoms. The van der Waals surface area contributed by atoms with Crippen LogP contribution in [0, 0.1) is 11.6 Å². The summed E-state index contributed by atoms with van der Waals surface area (Å²) in [6, 6.07) is 1.30. The summed E-state index contributed by atoms with van der Waals surface area (Å²) in [7, 11) is 0. The zero-order valence-electron chi connectivity index (χ0n) is 9.70. The number of hydrogen-bond acceptors (Lipinski definition) is 2. The fourth-order valence-electron chi connectivity index (χ4n) is 1.40. The second-order valence-corrected chi connectivity index (χ2v) is 4.02. The number of carbonyl (C=O) groups is 2. The van der Waals surface area contributed by atoms with Crippen LogP contribution in [0.1, 0.15) is 10.4 Å². The van der Waals surface area contributed by atoms with E-state index in [9.17, 15) is 18.4 Å². The number of nitrogens with zero attached hydrogens (tertiary/aromatic N) is 1. The van der Waals surface area contributed by atoms with Crippen LogP contribution in [0.2, 0.25) is 5.02 Å². The number of carboxylic acid groups (broad SMARTS) is 1. The van der Waals surface area contributed by atoms with Gasteiger partial charge in [0.15, 0.2) is 11.6 Å². The average molecular weight is 290 g/mol. The molecule has 0 unspecified atom stereocenters. The van der Waals surface area contributed by atoms with Crippen LogP contribution in [0.5, 0.6) is 0 Å². The van der Waals surface area contributed by atoms with Crippen LogP contribution in [0.4, 0.5) is 8.78 Å². The van der Waals surface area contributed by atoms with Crippen LogP contribution in [0.25, 0.3) is 0 Å². The van der Waals surface area contributed by atoms with Gasteiger partial charge in [-0.3, -0.25) is 9.59 Å². The summed E-state index contributed by atoms with van der Waals surface area (Å²) in [5, 5.41) is 8.39. The quantitative estimate of drug-likeness (QED) is 0.668. The lowest BCUT2D eigenvalue weighted by molar-refractivity contribution is -0.137. The Morgan fingerprint density at radius 1 is 1.37 bits per heavy atom. The van der Waals surface area contributed by atoms with Gasteiger partial charge in [-0.05, 0) is 12.1 Å². The molecule has 1 aromatic carbocycles. The number of rotatable bonds is 5. The second-order valence-electron chi connectivity index (χ2n) is 3.61. The Bertz CT molecular complexity index is 534. The minimum Gasteiger partial charge on any atom is -0.480 e. The standard InChI is InChI=1S/C12H10ClF2NO3/c1-2-3-16(6-11(17)18)12(19)7-4-9(14)10(15)5-8(7)13/h2,4-5H,1,3,6H2,(H,17,18). The summed E-state index contributed by atoms with van der Waals surface area (Å²) in [5.74, 6) is -4.48. The van der Waals surface area contributed by atoms with Gasteiger partial charge in [-0.25, -0.2) is 8.78 Å². The van der Waals surface area contributed by atoms with Crippen LogP contribution in [-0.4, -0.2) is 35.0 Å². The first kappa shape index (κ1) is 15.1. The fraction of sp³-hybridized carbons (Fsp3) is 0.167. The summed E-state index contributed by atoms with van der Waals surface area (Å²) in [6.45, 7) is 2.73. The molecule has 0 bridgehead atoms. The number of hydrogen-bond donors (Lipinski definition) is 1. The van der Waals surface area contributed by atoms with Crippen LogP contribution < -0.4 is 0 Å². The van der Waals surface area contributed by atoms with Crippen molar-refractivity contribution in [3.63, 3.8) is 0 Å². The van der Waals surface area contributed by atoms with Crippen molar-refractivity contribution in [1.29, 1.82) is 0 Å². The summed E-state index contributed by atoms with van der Waals surface area (Å²) < 4.78 is 26.0. The molecule has 0 fully saturated rings. The van der Waals surface area contributed by atoms with E-state index >= 15 is 0 Å². The zero-order valence-corrected chi connectivity index (χ0v) is 10.5. The van der Waals surface area contributed by atoms with E-state index in [-0.39, 0.29) is 17.1 Å². The zero-order chi connectivity index (χ0) is 14.6. The van der Waals surface area contributed by atoms with Gasteiger partial charge in [0.2, 0.25) is 0 Å². The third kappa shape index (κ3) is 3.75. The molecule has 1 rings (SSSR count). The SMILES string of the molecule is C=CCN(CC(=O)O)C(=O)c1cc(F)c(F)cc1Cl. The lowest BCUT2D eigenvalue weighted by Gasteiger charge is -2.19. The largest absolute Gasteiger partial charge is 0.480 e. The third-order valence-corrected chi connectivity index (χ3v) is 2.52. The Morgan fingerprint density at radius 2 is 1.95 bits per heavy atom. The van der Waals surface area contributed by atoms with Gasteiger partial charge in [0, 0.05) is 6.54 Å². The highest BCUT2D eigenvalue weighted by Crippen LogP contribution is 2.21. The summed E-state index contributed by atoms with van der Waals surface area (Å²) in [6.07, 6.45) is 1.31. The van der Waals surface area contributed by atoms with Gasteiger partial charge in [-0.2, -0.15) is 0 Å². The Balaban J connectivity index is 3.12. The van der Waals surface area contributed by atoms with E-state index in [4.69, 9.17) is 16.7 Å². The summed E-state index contributed by atoms with van der Waals surface area (Å²) in [4.78, 5) is 23.5. The van der Waals surface area contributed by atoms with Crippen molar-refractivity contribution in [3.05, 3.63) is 47.0 Å². The molecule has 0 aliphatic rings. The molecule has 1 N–H and O–H groups in total. The smallest absolute Gasteiger partial charge is 0.323 e. The van der Waals surface area contributed by atoms with E-state index in [0.717, 1.165) is 4.90 Å². The Morgan fingerprint density at radius 3 is 2.47 bits per heavy atom. The minimum absolute atomic E-state index is 0.0551. The first-order chi connectivity index (χ1) is 8.86. The first-order valence-corrected chi connectivity index (χ1v) is 5.51. The van der Waals surface area contributed by atoms with E-state index in [0.29, 0.717) is 12.1 Å². The number of carbonyl (C=O) groups excluding carboxylic acids is 1. The van der Waals surface area contributed by atoms with Crippen LogP contribution in [-0.2, 0) is 4.79 Å². The topological polar surface area (TPSA) is 57.6 Å². The summed E-state index contributed by atoms with van der Waals surface area (Å²) >= 11 is 5.65. The molecule has 1 amide bonds. The molecular formula is C12H10ClF2NO3. The van der Waals surface area contributed by atoms with Crippen molar-refractivity contribution >= 4 is 23.5 Å². The van der Waals surface area contributed by atoms with E-state index in [2.05, 4.69) is 6.58 Å². The highest BCUT2D eigenvalue weighted by molar-refractivity contribution is 6.33. The highest BCUT2D eigenvalue weighted by atomic mass is 35.5. The molecule has 0 saturated carbocycles. The molecule has 0 atom stereocenters. The molecule has 1 aromatic rings. The van der Waals surface area contributed by atoms with E-state index in [1.54, 1.807) is 0 Å². The highest BCUT2D eigenvalue weighted by Gasteiger charge is 2.21. The second kappa shape index (κ2) is 6.29. The molecule has 0 heterocycles. The van der Waals surface area contributed by atoms with E-state index < -0.39 is 30.1 Å². The predicted molar refractivity (Wildman–Crippen MR) is 65.1 cm³/mol. The van der Waals surface area contributed by atoms with Crippen molar-refractivity contribution in [2.24, 2.45) is 0 Å². The number of benzene rings is 1. The van der Waals surface area contributed by atoms with Crippen molar-refractivity contribution in [1.82, 2.24) is 4.90 Å². The Labute approximate surface area is 112 Å². The van der Waals surface area contributed by atoms with E-state index in [1.807, 2.05) is 0 Å².